The van der Waals surface area contributed by atoms with Crippen LogP contribution >= 0.6 is 0 Å². The number of piperazine rings is 2. The van der Waals surface area contributed by atoms with Crippen molar-refractivity contribution < 1.29 is 9.59 Å². The zero-order chi connectivity index (χ0) is 41.9. The third-order valence-electron chi connectivity index (χ3n) is 12.1. The first kappa shape index (κ1) is 43.0. The van der Waals surface area contributed by atoms with Gasteiger partial charge in [0.25, 0.3) is 0 Å². The minimum atomic E-state index is 0.152. The van der Waals surface area contributed by atoms with Crippen molar-refractivity contribution in [3.05, 3.63) is 130 Å². The molecule has 2 unspecified atom stereocenters. The largest absolute Gasteiger partial charge is 0.351 e. The van der Waals surface area contributed by atoms with Crippen LogP contribution in [0.3, 0.4) is 0 Å². The van der Waals surface area contributed by atoms with E-state index in [4.69, 9.17) is 5.26 Å². The lowest BCUT2D eigenvalue weighted by molar-refractivity contribution is -0.123. The van der Waals surface area contributed by atoms with E-state index in [1.165, 1.54) is 35.1 Å². The monoisotopic (exact) mass is 795 g/mol. The minimum Gasteiger partial charge on any atom is -0.351 e. The molecule has 2 amide bonds. The van der Waals surface area contributed by atoms with E-state index in [-0.39, 0.29) is 11.8 Å². The van der Waals surface area contributed by atoms with Gasteiger partial charge in [-0.1, -0.05) is 75.9 Å². The number of aryl methyl sites for hydroxylation is 2. The van der Waals surface area contributed by atoms with Gasteiger partial charge in [0.15, 0.2) is 0 Å². The van der Waals surface area contributed by atoms with Crippen molar-refractivity contribution in [1.82, 2.24) is 29.3 Å². The molecule has 0 bridgehead atoms. The van der Waals surface area contributed by atoms with Crippen molar-refractivity contribution in [1.29, 1.82) is 5.26 Å². The fourth-order valence-electron chi connectivity index (χ4n) is 8.25. The minimum absolute atomic E-state index is 0.152. The van der Waals surface area contributed by atoms with Crippen LogP contribution in [0, 0.1) is 39.0 Å². The van der Waals surface area contributed by atoms with Crippen LogP contribution in [0.25, 0.3) is 0 Å². The molecule has 2 atom stereocenters. The fourth-order valence-corrected chi connectivity index (χ4v) is 8.25. The van der Waals surface area contributed by atoms with Gasteiger partial charge in [0.05, 0.1) is 48.8 Å². The Kier molecular flexibility index (Phi) is 14.9. The van der Waals surface area contributed by atoms with Crippen molar-refractivity contribution >= 4 is 23.2 Å². The van der Waals surface area contributed by atoms with Gasteiger partial charge in [-0.15, -0.1) is 0 Å². The van der Waals surface area contributed by atoms with Gasteiger partial charge in [0.1, 0.15) is 0 Å². The highest BCUT2D eigenvalue weighted by Gasteiger charge is 2.35. The number of imidazole rings is 2. The van der Waals surface area contributed by atoms with Gasteiger partial charge >= 0.3 is 0 Å². The van der Waals surface area contributed by atoms with E-state index in [1.807, 2.05) is 64.9 Å². The van der Waals surface area contributed by atoms with Crippen molar-refractivity contribution in [2.75, 3.05) is 36.0 Å². The molecule has 2 fully saturated rings. The van der Waals surface area contributed by atoms with Crippen LogP contribution in [0.2, 0.25) is 0 Å². The molecule has 3 aromatic carbocycles. The predicted molar refractivity (Wildman–Crippen MR) is 235 cm³/mol. The van der Waals surface area contributed by atoms with Gasteiger partial charge in [0, 0.05) is 68.6 Å². The predicted octanol–water partition coefficient (Wildman–Crippen LogP) is 8.26. The van der Waals surface area contributed by atoms with Gasteiger partial charge in [-0.05, 0) is 92.6 Å². The average Bonchev–Trinajstić information content (AvgIpc) is 3.92. The number of hydrogen-bond acceptors (Lipinski definition) is 7. The summed E-state index contributed by atoms with van der Waals surface area (Å²) in [6, 6.07) is 22.9. The third kappa shape index (κ3) is 10.7. The summed E-state index contributed by atoms with van der Waals surface area (Å²) in [5.74, 6) is 0.330. The normalized spacial score (nSPS) is 17.5. The summed E-state index contributed by atoms with van der Waals surface area (Å²) in [5, 5.41) is 9.04. The summed E-state index contributed by atoms with van der Waals surface area (Å²) >= 11 is 0. The molecular weight excluding hydrogens is 735 g/mol. The summed E-state index contributed by atoms with van der Waals surface area (Å²) in [6.07, 6.45) is 14.2. The third-order valence-corrected chi connectivity index (χ3v) is 12.1. The van der Waals surface area contributed by atoms with Crippen molar-refractivity contribution in [3.63, 3.8) is 0 Å². The number of carbonyl (C=O) groups excluding carboxylic acids is 2. The van der Waals surface area contributed by atoms with E-state index < -0.39 is 0 Å². The topological polar surface area (TPSA) is 117 Å². The summed E-state index contributed by atoms with van der Waals surface area (Å²) < 4.78 is 2.14. The van der Waals surface area contributed by atoms with Crippen molar-refractivity contribution in [3.8, 4) is 6.07 Å². The second kappa shape index (κ2) is 20.4. The highest BCUT2D eigenvalue weighted by molar-refractivity contribution is 5.97. The van der Waals surface area contributed by atoms with Gasteiger partial charge in [0.2, 0.25) is 11.8 Å². The summed E-state index contributed by atoms with van der Waals surface area (Å²) in [6.45, 7) is 17.3. The number of nitriles is 1. The number of carbonyl (C=O) groups is 2. The Bertz CT molecular complexity index is 2190. The standard InChI is InChI=1S/C28H33N5O.C20H28N4O/c1-4-5-8-25-18-33(27-9-6-7-21(2)22(27)3)28(34)19-31(25)17-26-15-30-20-32(26)16-24-12-10-23(14-29)11-13-24;1-4-5-8-18-12-24(19-9-6-7-15(2)16(19)3)20(25)13-23(18)11-17-10-21-14-22-17/h6-7,9-13,15,20,25H,4-5,8,16-19H2,1-3H3;6-7,9-10,14,18H,4-5,8,11-13H2,1-3H3,(H,21,22). The molecule has 310 valence electrons. The number of hydrogen-bond donors (Lipinski definition) is 1. The molecule has 0 saturated carbocycles. The van der Waals surface area contributed by atoms with Gasteiger partial charge in [-0.25, -0.2) is 9.97 Å². The number of aromatic nitrogens is 4. The number of unbranched alkanes of at least 4 members (excludes halogenated alkanes) is 2. The molecule has 1 N–H and O–H groups in total. The molecule has 59 heavy (non-hydrogen) atoms. The maximum atomic E-state index is 13.3. The average molecular weight is 796 g/mol. The Morgan fingerprint density at radius 1 is 0.746 bits per heavy atom. The zero-order valence-corrected chi connectivity index (χ0v) is 35.8. The van der Waals surface area contributed by atoms with Crippen molar-refractivity contribution in [2.24, 2.45) is 0 Å². The lowest BCUT2D eigenvalue weighted by Gasteiger charge is -2.41. The number of anilines is 2. The number of nitrogens with zero attached hydrogens (tertiary/aromatic N) is 8. The van der Waals surface area contributed by atoms with Crippen LogP contribution in [0.5, 0.6) is 0 Å². The summed E-state index contributed by atoms with van der Waals surface area (Å²) in [5.41, 5.74) is 10.8. The Balaban J connectivity index is 0.000000208. The maximum absolute atomic E-state index is 13.3. The second-order valence-corrected chi connectivity index (χ2v) is 16.2. The number of H-pyrrole nitrogens is 1. The van der Waals surface area contributed by atoms with E-state index in [1.54, 1.807) is 6.33 Å². The molecule has 2 aliphatic rings. The molecule has 11 heteroatoms. The molecule has 2 aromatic heterocycles. The fraction of sp³-hybridized carbons (Fsp3) is 0.438. The van der Waals surface area contributed by atoms with Crippen molar-refractivity contribution in [2.45, 2.75) is 112 Å². The molecule has 0 radical (unpaired) electrons. The number of benzene rings is 3. The van der Waals surface area contributed by atoms with Gasteiger partial charge in [-0.3, -0.25) is 19.4 Å². The molecule has 5 aromatic rings. The number of aromatic amines is 1. The van der Waals surface area contributed by atoms with Crippen LogP contribution in [0.4, 0.5) is 11.4 Å². The first-order valence-electron chi connectivity index (χ1n) is 21.3. The highest BCUT2D eigenvalue weighted by atomic mass is 16.2. The number of amides is 2. The number of rotatable bonds is 14. The lowest BCUT2D eigenvalue weighted by Crippen LogP contribution is -2.56. The molecular formula is C48H61N9O2. The van der Waals surface area contributed by atoms with Crippen LogP contribution < -0.4 is 9.80 Å². The lowest BCUT2D eigenvalue weighted by atomic mass is 10.0. The summed E-state index contributed by atoms with van der Waals surface area (Å²) in [4.78, 5) is 46.5. The SMILES string of the molecule is CCCCC1CN(c2cccc(C)c2C)C(=O)CN1Cc1c[nH]cn1.CCCCC1CN(c2cccc(C)c2C)C(=O)CN1Cc1cncn1Cc1ccc(C#N)cc1. The Labute approximate surface area is 350 Å². The molecule has 4 heterocycles. The van der Waals surface area contributed by atoms with Crippen LogP contribution in [-0.2, 0) is 29.2 Å². The van der Waals surface area contributed by atoms with Gasteiger partial charge < -0.3 is 19.4 Å². The van der Waals surface area contributed by atoms with E-state index in [0.29, 0.717) is 50.4 Å². The van der Waals surface area contributed by atoms with E-state index in [9.17, 15) is 9.59 Å². The quantitative estimate of drug-likeness (QED) is 0.120. The van der Waals surface area contributed by atoms with Crippen LogP contribution in [0.1, 0.15) is 97.1 Å². The zero-order valence-electron chi connectivity index (χ0n) is 35.8. The molecule has 2 aliphatic heterocycles. The summed E-state index contributed by atoms with van der Waals surface area (Å²) in [7, 11) is 0. The Morgan fingerprint density at radius 3 is 1.81 bits per heavy atom. The second-order valence-electron chi connectivity index (χ2n) is 16.2. The molecule has 11 nitrogen and oxygen atoms in total. The smallest absolute Gasteiger partial charge is 0.241 e. The van der Waals surface area contributed by atoms with E-state index >= 15 is 0 Å². The van der Waals surface area contributed by atoms with E-state index in [2.05, 4.69) is 101 Å². The molecule has 0 aliphatic carbocycles. The molecule has 7 rings (SSSR count). The van der Waals surface area contributed by atoms with E-state index in [0.717, 1.165) is 67.1 Å². The first-order chi connectivity index (χ1) is 28.6. The van der Waals surface area contributed by atoms with Gasteiger partial charge in [-0.2, -0.15) is 5.26 Å². The first-order valence-corrected chi connectivity index (χ1v) is 21.3. The maximum Gasteiger partial charge on any atom is 0.241 e. The number of nitrogens with one attached hydrogen (secondary N) is 1. The van der Waals surface area contributed by atoms with Crippen LogP contribution in [0.15, 0.2) is 85.7 Å². The Hall–Kier alpha value is -5.57. The molecule has 0 spiro atoms. The van der Waals surface area contributed by atoms with Crippen LogP contribution in [-0.4, -0.2) is 79.4 Å². The highest BCUT2D eigenvalue weighted by Crippen LogP contribution is 2.30. The molecule has 2 saturated heterocycles. The Morgan fingerprint density at radius 2 is 1.31 bits per heavy atom.